The largest absolute Gasteiger partial charge is 0.0776 e. The van der Waals surface area contributed by atoms with Crippen molar-refractivity contribution in [2.24, 2.45) is 17.8 Å². The highest BCUT2D eigenvalue weighted by Crippen LogP contribution is 2.35. The SMILES string of the molecule is C.C.CC1CC[C@@H](C)C1C. The van der Waals surface area contributed by atoms with E-state index in [9.17, 15) is 0 Å². The van der Waals surface area contributed by atoms with Gasteiger partial charge in [0.2, 0.25) is 0 Å². The third kappa shape index (κ3) is 2.32. The molecule has 1 aliphatic rings. The van der Waals surface area contributed by atoms with Crippen LogP contribution in [0.4, 0.5) is 0 Å². The van der Waals surface area contributed by atoms with Gasteiger partial charge in [-0.3, -0.25) is 0 Å². The summed E-state index contributed by atoms with van der Waals surface area (Å²) in [6.07, 6.45) is 2.92. The van der Waals surface area contributed by atoms with Gasteiger partial charge in [0.15, 0.2) is 0 Å². The van der Waals surface area contributed by atoms with Crippen molar-refractivity contribution in [3.05, 3.63) is 0 Å². The topological polar surface area (TPSA) is 0 Å². The Morgan fingerprint density at radius 1 is 0.800 bits per heavy atom. The third-order valence-electron chi connectivity index (χ3n) is 2.87. The molecule has 0 nitrogen and oxygen atoms in total. The van der Waals surface area contributed by atoms with Gasteiger partial charge < -0.3 is 0 Å². The van der Waals surface area contributed by atoms with Crippen LogP contribution in [0.15, 0.2) is 0 Å². The van der Waals surface area contributed by atoms with Crippen LogP contribution in [0.1, 0.15) is 48.5 Å². The van der Waals surface area contributed by atoms with Crippen LogP contribution in [-0.4, -0.2) is 0 Å². The molecule has 0 aliphatic heterocycles. The van der Waals surface area contributed by atoms with Crippen molar-refractivity contribution in [2.75, 3.05) is 0 Å². The van der Waals surface area contributed by atoms with Gasteiger partial charge in [0.1, 0.15) is 0 Å². The minimum Gasteiger partial charge on any atom is -0.0776 e. The molecule has 0 amide bonds. The van der Waals surface area contributed by atoms with Crippen LogP contribution in [0.2, 0.25) is 0 Å². The van der Waals surface area contributed by atoms with Gasteiger partial charge >= 0.3 is 0 Å². The smallest absolute Gasteiger partial charge is 0.0391 e. The van der Waals surface area contributed by atoms with Crippen LogP contribution in [-0.2, 0) is 0 Å². The molecule has 0 aromatic rings. The Morgan fingerprint density at radius 2 is 1.10 bits per heavy atom. The van der Waals surface area contributed by atoms with E-state index < -0.39 is 0 Å². The summed E-state index contributed by atoms with van der Waals surface area (Å²) in [7, 11) is 0. The molecule has 1 fully saturated rings. The van der Waals surface area contributed by atoms with Gasteiger partial charge in [-0.1, -0.05) is 48.5 Å². The summed E-state index contributed by atoms with van der Waals surface area (Å²) in [6, 6.07) is 0. The molecule has 0 saturated heterocycles. The van der Waals surface area contributed by atoms with Crippen molar-refractivity contribution in [2.45, 2.75) is 48.5 Å². The van der Waals surface area contributed by atoms with Crippen molar-refractivity contribution in [1.29, 1.82) is 0 Å². The molecule has 2 unspecified atom stereocenters. The highest BCUT2D eigenvalue weighted by atomic mass is 14.3. The maximum atomic E-state index is 2.38. The van der Waals surface area contributed by atoms with E-state index in [0.717, 1.165) is 17.8 Å². The first-order valence-electron chi connectivity index (χ1n) is 3.72. The first-order valence-corrected chi connectivity index (χ1v) is 3.72. The normalized spacial score (nSPS) is 38.1. The van der Waals surface area contributed by atoms with Gasteiger partial charge in [-0.25, -0.2) is 0 Å². The van der Waals surface area contributed by atoms with E-state index in [1.165, 1.54) is 12.8 Å². The van der Waals surface area contributed by atoms with Crippen molar-refractivity contribution in [1.82, 2.24) is 0 Å². The van der Waals surface area contributed by atoms with E-state index in [1.807, 2.05) is 0 Å². The van der Waals surface area contributed by atoms with Crippen LogP contribution in [0.25, 0.3) is 0 Å². The lowest BCUT2D eigenvalue weighted by Crippen LogP contribution is -2.04. The molecule has 3 atom stereocenters. The van der Waals surface area contributed by atoms with Crippen molar-refractivity contribution in [3.8, 4) is 0 Å². The molecule has 0 radical (unpaired) electrons. The summed E-state index contributed by atoms with van der Waals surface area (Å²) in [6.45, 7) is 7.12. The molecule has 0 N–H and O–H groups in total. The minimum absolute atomic E-state index is 0. The Labute approximate surface area is 67.0 Å². The van der Waals surface area contributed by atoms with Crippen LogP contribution < -0.4 is 0 Å². The Balaban J connectivity index is 0. The van der Waals surface area contributed by atoms with Crippen LogP contribution in [0, 0.1) is 17.8 Å². The van der Waals surface area contributed by atoms with E-state index in [-0.39, 0.29) is 14.9 Å². The molecule has 0 aromatic carbocycles. The fraction of sp³-hybridized carbons (Fsp3) is 1.00. The highest BCUT2D eigenvalue weighted by Gasteiger charge is 2.25. The average Bonchev–Trinajstić information content (AvgIpc) is 1.98. The van der Waals surface area contributed by atoms with Crippen LogP contribution in [0.5, 0.6) is 0 Å². The van der Waals surface area contributed by atoms with Gasteiger partial charge in [-0.2, -0.15) is 0 Å². The highest BCUT2D eigenvalue weighted by molar-refractivity contribution is 4.75. The van der Waals surface area contributed by atoms with Crippen molar-refractivity contribution in [3.63, 3.8) is 0 Å². The maximum absolute atomic E-state index is 2.38. The average molecular weight is 144 g/mol. The summed E-state index contributed by atoms with van der Waals surface area (Å²) < 4.78 is 0. The number of hydrogen-bond donors (Lipinski definition) is 0. The fourth-order valence-corrected chi connectivity index (χ4v) is 1.61. The van der Waals surface area contributed by atoms with Gasteiger partial charge in [0, 0.05) is 0 Å². The summed E-state index contributed by atoms with van der Waals surface area (Å²) in [4.78, 5) is 0. The molecule has 0 spiro atoms. The minimum atomic E-state index is 0. The molecule has 0 bridgehead atoms. The molecule has 0 heteroatoms. The third-order valence-corrected chi connectivity index (χ3v) is 2.87. The summed E-state index contributed by atoms with van der Waals surface area (Å²) >= 11 is 0. The van der Waals surface area contributed by atoms with E-state index in [4.69, 9.17) is 0 Å². The fourth-order valence-electron chi connectivity index (χ4n) is 1.61. The molecule has 0 heterocycles. The first-order chi connectivity index (χ1) is 3.72. The molecule has 1 saturated carbocycles. The molecular weight excluding hydrogens is 120 g/mol. The van der Waals surface area contributed by atoms with E-state index >= 15 is 0 Å². The van der Waals surface area contributed by atoms with Gasteiger partial charge in [0.05, 0.1) is 0 Å². The number of rotatable bonds is 0. The monoisotopic (exact) mass is 144 g/mol. The van der Waals surface area contributed by atoms with E-state index in [1.54, 1.807) is 0 Å². The summed E-state index contributed by atoms with van der Waals surface area (Å²) in [5.41, 5.74) is 0. The second-order valence-electron chi connectivity index (χ2n) is 3.39. The lowest BCUT2D eigenvalue weighted by atomic mass is 9.94. The van der Waals surface area contributed by atoms with Gasteiger partial charge in [0.25, 0.3) is 0 Å². The molecule has 1 rings (SSSR count). The second-order valence-corrected chi connectivity index (χ2v) is 3.39. The Hall–Kier alpha value is 0. The molecule has 64 valence electrons. The lowest BCUT2D eigenvalue weighted by Gasteiger charge is -2.11. The molecule has 1 aliphatic carbocycles. The summed E-state index contributed by atoms with van der Waals surface area (Å²) in [5, 5.41) is 0. The summed E-state index contributed by atoms with van der Waals surface area (Å²) in [5.74, 6) is 2.96. The Kier molecular flexibility index (Phi) is 6.02. The predicted octanol–water partition coefficient (Wildman–Crippen LogP) is 3.96. The molecular formula is C10H24. The zero-order chi connectivity index (χ0) is 6.15. The maximum Gasteiger partial charge on any atom is -0.0391 e. The van der Waals surface area contributed by atoms with Crippen molar-refractivity contribution < 1.29 is 0 Å². The zero-order valence-electron chi connectivity index (χ0n) is 6.15. The molecule has 0 aromatic heterocycles. The van der Waals surface area contributed by atoms with Gasteiger partial charge in [-0.05, 0) is 17.8 Å². The van der Waals surface area contributed by atoms with Crippen molar-refractivity contribution >= 4 is 0 Å². The quantitative estimate of drug-likeness (QED) is 0.483. The van der Waals surface area contributed by atoms with E-state index in [0.29, 0.717) is 0 Å². The van der Waals surface area contributed by atoms with Gasteiger partial charge in [-0.15, -0.1) is 0 Å². The predicted molar refractivity (Wildman–Crippen MR) is 50.2 cm³/mol. The first kappa shape index (κ1) is 12.7. The zero-order valence-corrected chi connectivity index (χ0v) is 6.15. The lowest BCUT2D eigenvalue weighted by molar-refractivity contribution is 0.380. The number of hydrogen-bond acceptors (Lipinski definition) is 0. The standard InChI is InChI=1S/C8H16.2CH4/c1-6-4-5-7(2)8(6)3;;/h6-8H,4-5H2,1-3H3;2*1H4/t6-,7?,8?;;/m1../s1. The van der Waals surface area contributed by atoms with E-state index in [2.05, 4.69) is 20.8 Å². The Bertz CT molecular complexity index is 66.1. The van der Waals surface area contributed by atoms with Crippen LogP contribution in [0.3, 0.4) is 0 Å². The molecule has 10 heavy (non-hydrogen) atoms. The Morgan fingerprint density at radius 3 is 1.20 bits per heavy atom. The van der Waals surface area contributed by atoms with Crippen LogP contribution >= 0.6 is 0 Å². The second kappa shape index (κ2) is 4.76.